The second-order valence-corrected chi connectivity index (χ2v) is 5.19. The zero-order chi connectivity index (χ0) is 14.2. The Bertz CT molecular complexity index is 504. The van der Waals surface area contributed by atoms with Crippen LogP contribution in [-0.2, 0) is 0 Å². The highest BCUT2D eigenvalue weighted by molar-refractivity contribution is 7.99. The van der Waals surface area contributed by atoms with Crippen molar-refractivity contribution in [3.05, 3.63) is 36.2 Å². The summed E-state index contributed by atoms with van der Waals surface area (Å²) >= 11 is 1.65. The van der Waals surface area contributed by atoms with Gasteiger partial charge in [-0.05, 0) is 19.5 Å². The number of H-pyrrole nitrogens is 1. The van der Waals surface area contributed by atoms with E-state index in [9.17, 15) is 0 Å². The lowest BCUT2D eigenvalue weighted by molar-refractivity contribution is 0.333. The first-order valence-corrected chi connectivity index (χ1v) is 7.77. The predicted octanol–water partition coefficient (Wildman–Crippen LogP) is 2.65. The molecule has 0 aliphatic carbocycles. The first-order chi connectivity index (χ1) is 9.85. The average molecular weight is 292 g/mol. The maximum atomic E-state index is 5.72. The normalized spacial score (nSPS) is 12.3. The molecule has 0 fully saturated rings. The minimum atomic E-state index is 0.220. The Morgan fingerprint density at radius 2 is 2.20 bits per heavy atom. The molecular formula is C14H20N4OS. The summed E-state index contributed by atoms with van der Waals surface area (Å²) < 4.78 is 5.72. The Morgan fingerprint density at radius 1 is 1.35 bits per heavy atom. The minimum Gasteiger partial charge on any atom is -0.494 e. The third kappa shape index (κ3) is 3.98. The van der Waals surface area contributed by atoms with Crippen LogP contribution in [0.5, 0.6) is 5.75 Å². The summed E-state index contributed by atoms with van der Waals surface area (Å²) in [5.74, 6) is 1.81. The van der Waals surface area contributed by atoms with Crippen LogP contribution in [0.4, 0.5) is 0 Å². The highest BCUT2D eigenvalue weighted by atomic mass is 32.2. The van der Waals surface area contributed by atoms with Crippen molar-refractivity contribution in [3.63, 3.8) is 0 Å². The molecule has 5 nitrogen and oxygen atoms in total. The van der Waals surface area contributed by atoms with E-state index in [2.05, 4.69) is 33.5 Å². The summed E-state index contributed by atoms with van der Waals surface area (Å²) in [4.78, 5) is 4.14. The Balaban J connectivity index is 2.10. The van der Waals surface area contributed by atoms with Crippen molar-refractivity contribution in [3.8, 4) is 5.75 Å². The SMILES string of the molecule is CCNC(CSc1ncn[nH]1)c1ccccc1OCC. The molecule has 0 spiro atoms. The van der Waals surface area contributed by atoms with E-state index in [0.717, 1.165) is 23.2 Å². The van der Waals surface area contributed by atoms with E-state index in [1.165, 1.54) is 11.9 Å². The van der Waals surface area contributed by atoms with Gasteiger partial charge in [0, 0.05) is 17.4 Å². The molecule has 20 heavy (non-hydrogen) atoms. The first kappa shape index (κ1) is 14.9. The Kier molecular flexibility index (Phi) is 5.88. The maximum absolute atomic E-state index is 5.72. The van der Waals surface area contributed by atoms with Gasteiger partial charge in [-0.3, -0.25) is 5.10 Å². The molecule has 0 saturated carbocycles. The molecule has 1 atom stereocenters. The van der Waals surface area contributed by atoms with E-state index in [1.54, 1.807) is 11.8 Å². The molecule has 2 aromatic rings. The summed E-state index contributed by atoms with van der Waals surface area (Å²) in [6.07, 6.45) is 1.53. The second-order valence-electron chi connectivity index (χ2n) is 4.18. The number of hydrogen-bond acceptors (Lipinski definition) is 5. The fourth-order valence-corrected chi connectivity index (χ4v) is 2.85. The summed E-state index contributed by atoms with van der Waals surface area (Å²) in [5, 5.41) is 11.1. The van der Waals surface area contributed by atoms with Crippen molar-refractivity contribution in [2.75, 3.05) is 18.9 Å². The molecule has 0 bridgehead atoms. The molecule has 0 amide bonds. The van der Waals surface area contributed by atoms with E-state index in [-0.39, 0.29) is 6.04 Å². The van der Waals surface area contributed by atoms with Gasteiger partial charge in [-0.15, -0.1) is 0 Å². The summed E-state index contributed by atoms with van der Waals surface area (Å²) in [7, 11) is 0. The number of ether oxygens (including phenoxy) is 1. The smallest absolute Gasteiger partial charge is 0.183 e. The van der Waals surface area contributed by atoms with Gasteiger partial charge in [-0.2, -0.15) is 5.10 Å². The van der Waals surface area contributed by atoms with E-state index in [0.29, 0.717) is 6.61 Å². The fourth-order valence-electron chi connectivity index (χ4n) is 1.99. The van der Waals surface area contributed by atoms with Crippen molar-refractivity contribution < 1.29 is 4.74 Å². The van der Waals surface area contributed by atoms with Crippen LogP contribution in [0.1, 0.15) is 25.5 Å². The van der Waals surface area contributed by atoms with Crippen molar-refractivity contribution in [1.29, 1.82) is 0 Å². The number of aromatic amines is 1. The Hall–Kier alpha value is -1.53. The number of thioether (sulfide) groups is 1. The minimum absolute atomic E-state index is 0.220. The van der Waals surface area contributed by atoms with Gasteiger partial charge in [0.05, 0.1) is 6.61 Å². The topological polar surface area (TPSA) is 62.8 Å². The van der Waals surface area contributed by atoms with Crippen LogP contribution in [0.15, 0.2) is 35.7 Å². The van der Waals surface area contributed by atoms with Crippen LogP contribution in [0, 0.1) is 0 Å². The van der Waals surface area contributed by atoms with Crippen LogP contribution in [0.25, 0.3) is 0 Å². The van der Waals surface area contributed by atoms with E-state index >= 15 is 0 Å². The van der Waals surface area contributed by atoms with Gasteiger partial charge in [0.1, 0.15) is 12.1 Å². The molecule has 108 valence electrons. The Labute approximate surface area is 123 Å². The van der Waals surface area contributed by atoms with E-state index < -0.39 is 0 Å². The van der Waals surface area contributed by atoms with Gasteiger partial charge in [-0.1, -0.05) is 36.9 Å². The standard InChI is InChI=1S/C14H20N4OS/c1-3-15-12(9-20-14-16-10-17-18-14)11-7-5-6-8-13(11)19-4-2/h5-8,10,12,15H,3-4,9H2,1-2H3,(H,16,17,18). The van der Waals surface area contributed by atoms with Gasteiger partial charge in [0.25, 0.3) is 0 Å². The molecule has 1 aromatic carbocycles. The molecule has 6 heteroatoms. The lowest BCUT2D eigenvalue weighted by Gasteiger charge is -2.20. The van der Waals surface area contributed by atoms with E-state index in [4.69, 9.17) is 4.74 Å². The largest absolute Gasteiger partial charge is 0.494 e. The van der Waals surface area contributed by atoms with Gasteiger partial charge in [0.2, 0.25) is 0 Å². The van der Waals surface area contributed by atoms with Crippen molar-refractivity contribution in [1.82, 2.24) is 20.5 Å². The number of nitrogens with one attached hydrogen (secondary N) is 2. The van der Waals surface area contributed by atoms with Gasteiger partial charge >= 0.3 is 0 Å². The van der Waals surface area contributed by atoms with Gasteiger partial charge in [-0.25, -0.2) is 4.98 Å². The number of hydrogen-bond donors (Lipinski definition) is 2. The molecule has 0 radical (unpaired) electrons. The molecule has 0 saturated heterocycles. The number of aromatic nitrogens is 3. The maximum Gasteiger partial charge on any atom is 0.183 e. The van der Waals surface area contributed by atoms with Crippen LogP contribution >= 0.6 is 11.8 Å². The molecule has 0 aliphatic rings. The average Bonchev–Trinajstić information content (AvgIpc) is 2.98. The van der Waals surface area contributed by atoms with E-state index in [1.807, 2.05) is 25.1 Å². The molecule has 2 N–H and O–H groups in total. The van der Waals surface area contributed by atoms with Crippen LogP contribution in [-0.4, -0.2) is 34.1 Å². The monoisotopic (exact) mass is 292 g/mol. The number of benzene rings is 1. The quantitative estimate of drug-likeness (QED) is 0.732. The number of rotatable bonds is 8. The third-order valence-electron chi connectivity index (χ3n) is 2.82. The zero-order valence-corrected chi connectivity index (χ0v) is 12.6. The summed E-state index contributed by atoms with van der Waals surface area (Å²) in [5.41, 5.74) is 1.18. The van der Waals surface area contributed by atoms with Crippen LogP contribution < -0.4 is 10.1 Å². The molecule has 2 rings (SSSR count). The second kappa shape index (κ2) is 7.91. The lowest BCUT2D eigenvalue weighted by atomic mass is 10.1. The first-order valence-electron chi connectivity index (χ1n) is 6.78. The highest BCUT2D eigenvalue weighted by Gasteiger charge is 2.16. The summed E-state index contributed by atoms with van der Waals surface area (Å²) in [6.45, 7) is 5.69. The number of nitrogens with zero attached hydrogens (tertiary/aromatic N) is 2. The fraction of sp³-hybridized carbons (Fsp3) is 0.429. The zero-order valence-electron chi connectivity index (χ0n) is 11.8. The molecule has 0 aliphatic heterocycles. The molecule has 1 aromatic heterocycles. The summed E-state index contributed by atoms with van der Waals surface area (Å²) in [6, 6.07) is 8.39. The third-order valence-corrected chi connectivity index (χ3v) is 3.79. The predicted molar refractivity (Wildman–Crippen MR) is 81.1 cm³/mol. The molecule has 1 unspecified atom stereocenters. The van der Waals surface area contributed by atoms with Crippen LogP contribution in [0.3, 0.4) is 0 Å². The molecule has 1 heterocycles. The van der Waals surface area contributed by atoms with Crippen molar-refractivity contribution in [2.45, 2.75) is 25.0 Å². The van der Waals surface area contributed by atoms with Gasteiger partial charge < -0.3 is 10.1 Å². The Morgan fingerprint density at radius 3 is 2.90 bits per heavy atom. The van der Waals surface area contributed by atoms with Crippen LogP contribution in [0.2, 0.25) is 0 Å². The number of para-hydroxylation sites is 1. The lowest BCUT2D eigenvalue weighted by Crippen LogP contribution is -2.23. The highest BCUT2D eigenvalue weighted by Crippen LogP contribution is 2.29. The van der Waals surface area contributed by atoms with Gasteiger partial charge in [0.15, 0.2) is 5.16 Å². The van der Waals surface area contributed by atoms with Crippen molar-refractivity contribution >= 4 is 11.8 Å². The molecular weight excluding hydrogens is 272 g/mol. The van der Waals surface area contributed by atoms with Crippen molar-refractivity contribution in [2.24, 2.45) is 0 Å².